The molecular formula is C15H14N2O4. The summed E-state index contributed by atoms with van der Waals surface area (Å²) < 4.78 is 5.83. The van der Waals surface area contributed by atoms with Gasteiger partial charge in [0.05, 0.1) is 18.6 Å². The fourth-order valence-electron chi connectivity index (χ4n) is 3.71. The molecule has 0 aromatic carbocycles. The summed E-state index contributed by atoms with van der Waals surface area (Å²) in [5.41, 5.74) is 0.167. The Morgan fingerprint density at radius 3 is 3.14 bits per heavy atom. The van der Waals surface area contributed by atoms with Crippen LogP contribution in [0.2, 0.25) is 0 Å². The average molecular weight is 286 g/mol. The SMILES string of the molecule is O=C(O)[C@H]1[C@@H]2C=C[C@]3(CN(Cc4cccnc4)C(=O)[C@H]13)O2. The lowest BCUT2D eigenvalue weighted by atomic mass is 9.77. The first-order chi connectivity index (χ1) is 10.1. The largest absolute Gasteiger partial charge is 0.481 e. The number of hydrogen-bond acceptors (Lipinski definition) is 4. The Labute approximate surface area is 121 Å². The summed E-state index contributed by atoms with van der Waals surface area (Å²) in [7, 11) is 0. The van der Waals surface area contributed by atoms with Crippen molar-refractivity contribution in [1.82, 2.24) is 9.88 Å². The summed E-state index contributed by atoms with van der Waals surface area (Å²) in [4.78, 5) is 29.8. The van der Waals surface area contributed by atoms with Crippen LogP contribution in [0.5, 0.6) is 0 Å². The molecule has 6 heteroatoms. The molecule has 0 radical (unpaired) electrons. The summed E-state index contributed by atoms with van der Waals surface area (Å²) >= 11 is 0. The van der Waals surface area contributed by atoms with E-state index in [-0.39, 0.29) is 5.91 Å². The minimum absolute atomic E-state index is 0.141. The smallest absolute Gasteiger partial charge is 0.310 e. The molecular weight excluding hydrogens is 272 g/mol. The third-order valence-corrected chi connectivity index (χ3v) is 4.56. The van der Waals surface area contributed by atoms with E-state index in [9.17, 15) is 14.7 Å². The monoisotopic (exact) mass is 286 g/mol. The number of fused-ring (bicyclic) bond motifs is 1. The Kier molecular flexibility index (Phi) is 2.47. The highest BCUT2D eigenvalue weighted by atomic mass is 16.5. The molecule has 1 spiro atoms. The van der Waals surface area contributed by atoms with Gasteiger partial charge in [0.25, 0.3) is 0 Å². The first kappa shape index (κ1) is 12.5. The van der Waals surface area contributed by atoms with E-state index in [1.165, 1.54) is 0 Å². The number of carboxylic acids is 1. The zero-order chi connectivity index (χ0) is 14.6. The lowest BCUT2D eigenvalue weighted by Gasteiger charge is -2.21. The van der Waals surface area contributed by atoms with E-state index < -0.39 is 29.5 Å². The van der Waals surface area contributed by atoms with Gasteiger partial charge in [-0.15, -0.1) is 0 Å². The van der Waals surface area contributed by atoms with Crippen molar-refractivity contribution in [2.75, 3.05) is 6.54 Å². The summed E-state index contributed by atoms with van der Waals surface area (Å²) in [5.74, 6) is -2.49. The number of aliphatic carboxylic acids is 1. The third-order valence-electron chi connectivity index (χ3n) is 4.56. The van der Waals surface area contributed by atoms with Gasteiger partial charge in [-0.1, -0.05) is 18.2 Å². The zero-order valence-electron chi connectivity index (χ0n) is 11.2. The molecule has 4 atom stereocenters. The highest BCUT2D eigenvalue weighted by Gasteiger charge is 2.66. The van der Waals surface area contributed by atoms with Crippen LogP contribution in [0.15, 0.2) is 36.7 Å². The van der Waals surface area contributed by atoms with Crippen molar-refractivity contribution in [3.8, 4) is 0 Å². The minimum atomic E-state index is -0.965. The average Bonchev–Trinajstić information content (AvgIpc) is 3.09. The summed E-state index contributed by atoms with van der Waals surface area (Å²) in [6, 6.07) is 3.71. The van der Waals surface area contributed by atoms with E-state index in [1.54, 1.807) is 23.4 Å². The quantitative estimate of drug-likeness (QED) is 0.816. The molecule has 4 rings (SSSR count). The van der Waals surface area contributed by atoms with Crippen LogP contribution in [0.25, 0.3) is 0 Å². The Morgan fingerprint density at radius 2 is 2.43 bits per heavy atom. The van der Waals surface area contributed by atoms with Gasteiger partial charge in [-0.25, -0.2) is 0 Å². The highest BCUT2D eigenvalue weighted by molar-refractivity contribution is 5.90. The summed E-state index contributed by atoms with van der Waals surface area (Å²) in [6.45, 7) is 0.835. The highest BCUT2D eigenvalue weighted by Crippen LogP contribution is 2.52. The van der Waals surface area contributed by atoms with Gasteiger partial charge in [-0.2, -0.15) is 0 Å². The molecule has 2 bridgehead atoms. The van der Waals surface area contributed by atoms with Gasteiger partial charge in [0.15, 0.2) is 0 Å². The molecule has 0 saturated carbocycles. The molecule has 2 saturated heterocycles. The van der Waals surface area contributed by atoms with Gasteiger partial charge in [0, 0.05) is 18.9 Å². The van der Waals surface area contributed by atoms with Gasteiger partial charge in [-0.05, 0) is 11.6 Å². The molecule has 1 aromatic heterocycles. The normalized spacial score (nSPS) is 36.3. The van der Waals surface area contributed by atoms with Crippen LogP contribution >= 0.6 is 0 Å². The molecule has 3 aliphatic heterocycles. The van der Waals surface area contributed by atoms with E-state index in [0.717, 1.165) is 5.56 Å². The van der Waals surface area contributed by atoms with E-state index in [2.05, 4.69) is 4.98 Å². The number of aromatic nitrogens is 1. The Bertz CT molecular complexity index is 644. The maximum Gasteiger partial charge on any atom is 0.310 e. The number of likely N-dealkylation sites (tertiary alicyclic amines) is 1. The number of rotatable bonds is 3. The van der Waals surface area contributed by atoms with Crippen molar-refractivity contribution in [3.05, 3.63) is 42.2 Å². The van der Waals surface area contributed by atoms with Gasteiger partial charge < -0.3 is 14.7 Å². The molecule has 3 aliphatic rings. The van der Waals surface area contributed by atoms with Crippen LogP contribution in [-0.4, -0.2) is 45.1 Å². The number of carboxylic acid groups (broad SMARTS) is 1. The maximum atomic E-state index is 12.6. The van der Waals surface area contributed by atoms with Crippen LogP contribution in [0, 0.1) is 11.8 Å². The molecule has 1 amide bonds. The number of nitrogens with zero attached hydrogens (tertiary/aromatic N) is 2. The third kappa shape index (κ3) is 1.65. The fraction of sp³-hybridized carbons (Fsp3) is 0.400. The predicted octanol–water partition coefficient (Wildman–Crippen LogP) is 0.448. The van der Waals surface area contributed by atoms with Crippen LogP contribution in [0.4, 0.5) is 0 Å². The van der Waals surface area contributed by atoms with E-state index in [0.29, 0.717) is 13.1 Å². The second-order valence-corrected chi connectivity index (χ2v) is 5.79. The second-order valence-electron chi connectivity index (χ2n) is 5.79. The van der Waals surface area contributed by atoms with Gasteiger partial charge in [0.2, 0.25) is 5.91 Å². The van der Waals surface area contributed by atoms with Gasteiger partial charge in [0.1, 0.15) is 11.5 Å². The molecule has 2 fully saturated rings. The van der Waals surface area contributed by atoms with Crippen LogP contribution in [0.3, 0.4) is 0 Å². The first-order valence-corrected chi connectivity index (χ1v) is 6.88. The number of ether oxygens (including phenoxy) is 1. The Hall–Kier alpha value is -2.21. The van der Waals surface area contributed by atoms with Crippen LogP contribution < -0.4 is 0 Å². The summed E-state index contributed by atoms with van der Waals surface area (Å²) in [6.07, 6.45) is 6.55. The number of pyridine rings is 1. The Balaban J connectivity index is 1.63. The number of carbonyl (C=O) groups excluding carboxylic acids is 1. The molecule has 21 heavy (non-hydrogen) atoms. The predicted molar refractivity (Wildman–Crippen MR) is 71.0 cm³/mol. The molecule has 1 N–H and O–H groups in total. The fourth-order valence-corrected chi connectivity index (χ4v) is 3.71. The van der Waals surface area contributed by atoms with Crippen molar-refractivity contribution >= 4 is 11.9 Å². The summed E-state index contributed by atoms with van der Waals surface area (Å²) in [5, 5.41) is 9.38. The van der Waals surface area contributed by atoms with Crippen LogP contribution in [-0.2, 0) is 20.9 Å². The van der Waals surface area contributed by atoms with Crippen molar-refractivity contribution < 1.29 is 19.4 Å². The van der Waals surface area contributed by atoms with Crippen LogP contribution in [0.1, 0.15) is 5.56 Å². The molecule has 6 nitrogen and oxygen atoms in total. The Morgan fingerprint density at radius 1 is 1.57 bits per heavy atom. The first-order valence-electron chi connectivity index (χ1n) is 6.88. The molecule has 4 heterocycles. The van der Waals surface area contributed by atoms with E-state index in [4.69, 9.17) is 4.74 Å². The molecule has 0 aliphatic carbocycles. The van der Waals surface area contributed by atoms with Crippen molar-refractivity contribution in [2.45, 2.75) is 18.2 Å². The number of hydrogen-bond donors (Lipinski definition) is 1. The van der Waals surface area contributed by atoms with Crippen molar-refractivity contribution in [1.29, 1.82) is 0 Å². The van der Waals surface area contributed by atoms with Crippen molar-refractivity contribution in [2.24, 2.45) is 11.8 Å². The minimum Gasteiger partial charge on any atom is -0.481 e. The molecule has 1 aromatic rings. The standard InChI is InChI=1S/C15H14N2O4/c18-13-12-11(14(19)20)10-3-4-15(12,21-10)8-17(13)7-9-2-1-5-16-6-9/h1-6,10-12H,7-8H2,(H,19,20)/t10-,11-,12-,15+/m0/s1. The van der Waals surface area contributed by atoms with Gasteiger partial charge >= 0.3 is 5.97 Å². The van der Waals surface area contributed by atoms with Gasteiger partial charge in [-0.3, -0.25) is 14.6 Å². The van der Waals surface area contributed by atoms with E-state index in [1.807, 2.05) is 18.2 Å². The number of carbonyl (C=O) groups is 2. The maximum absolute atomic E-state index is 12.6. The molecule has 108 valence electrons. The lowest BCUT2D eigenvalue weighted by molar-refractivity contribution is -0.148. The zero-order valence-corrected chi connectivity index (χ0v) is 11.2. The second kappa shape index (κ2) is 4.14. The number of amides is 1. The van der Waals surface area contributed by atoms with Crippen molar-refractivity contribution in [3.63, 3.8) is 0 Å². The van der Waals surface area contributed by atoms with E-state index >= 15 is 0 Å². The lowest BCUT2D eigenvalue weighted by Crippen LogP contribution is -2.39. The molecule has 0 unspecified atom stereocenters. The topological polar surface area (TPSA) is 79.7 Å².